The fourth-order valence-electron chi connectivity index (χ4n) is 1.44. The summed E-state index contributed by atoms with van der Waals surface area (Å²) >= 11 is 0. The van der Waals surface area contributed by atoms with Crippen molar-refractivity contribution in [1.29, 1.82) is 0 Å². The van der Waals surface area contributed by atoms with E-state index in [0.29, 0.717) is 5.52 Å². The van der Waals surface area contributed by atoms with Crippen molar-refractivity contribution in [3.8, 4) is 0 Å². The van der Waals surface area contributed by atoms with Gasteiger partial charge in [0.15, 0.2) is 0 Å². The summed E-state index contributed by atoms with van der Waals surface area (Å²) in [4.78, 5) is 4.06. The van der Waals surface area contributed by atoms with Crippen LogP contribution < -0.4 is 0 Å². The van der Waals surface area contributed by atoms with Crippen LogP contribution in [-0.4, -0.2) is 21.3 Å². The Hall–Kier alpha value is -1.42. The van der Waals surface area contributed by atoms with Crippen molar-refractivity contribution in [1.82, 2.24) is 9.55 Å². The first-order valence-electron chi connectivity index (χ1n) is 4.45. The molecular weight excluding hydrogens is 183 g/mol. The highest BCUT2D eigenvalue weighted by atomic mass is 19.1. The zero-order valence-corrected chi connectivity index (χ0v) is 7.81. The van der Waals surface area contributed by atoms with Gasteiger partial charge in [-0.25, -0.2) is 9.37 Å². The summed E-state index contributed by atoms with van der Waals surface area (Å²) in [7, 11) is 0. The Morgan fingerprint density at radius 2 is 2.36 bits per heavy atom. The van der Waals surface area contributed by atoms with Crippen LogP contribution in [0.4, 0.5) is 4.39 Å². The number of hydrogen-bond donors (Lipinski definition) is 1. The molecule has 1 heterocycles. The molecule has 3 nitrogen and oxygen atoms in total. The third-order valence-corrected chi connectivity index (χ3v) is 2.28. The van der Waals surface area contributed by atoms with Crippen LogP contribution in [0.15, 0.2) is 24.5 Å². The van der Waals surface area contributed by atoms with Crippen molar-refractivity contribution in [2.75, 3.05) is 6.61 Å². The van der Waals surface area contributed by atoms with Gasteiger partial charge in [-0.05, 0) is 19.1 Å². The van der Waals surface area contributed by atoms with E-state index in [1.165, 1.54) is 12.1 Å². The molecule has 0 amide bonds. The molecule has 1 N–H and O–H groups in total. The summed E-state index contributed by atoms with van der Waals surface area (Å²) in [6, 6.07) is 4.41. The van der Waals surface area contributed by atoms with Crippen molar-refractivity contribution in [2.45, 2.75) is 13.0 Å². The van der Waals surface area contributed by atoms with Crippen molar-refractivity contribution < 1.29 is 9.50 Å². The largest absolute Gasteiger partial charge is 0.394 e. The first kappa shape index (κ1) is 9.15. The molecule has 0 aliphatic heterocycles. The zero-order valence-electron chi connectivity index (χ0n) is 7.81. The lowest BCUT2D eigenvalue weighted by Gasteiger charge is -2.10. The highest BCUT2D eigenvalue weighted by molar-refractivity contribution is 5.75. The molecule has 0 radical (unpaired) electrons. The van der Waals surface area contributed by atoms with Gasteiger partial charge in [0.05, 0.1) is 30.0 Å². The second-order valence-corrected chi connectivity index (χ2v) is 3.32. The molecule has 1 atom stereocenters. The molecule has 1 aromatic heterocycles. The molecule has 4 heteroatoms. The van der Waals surface area contributed by atoms with E-state index in [1.54, 1.807) is 12.4 Å². The topological polar surface area (TPSA) is 38.0 Å². The number of hydrogen-bond acceptors (Lipinski definition) is 2. The molecule has 0 bridgehead atoms. The van der Waals surface area contributed by atoms with Crippen LogP contribution >= 0.6 is 0 Å². The molecule has 2 aromatic rings. The summed E-state index contributed by atoms with van der Waals surface area (Å²) in [6.07, 6.45) is 1.62. The smallest absolute Gasteiger partial charge is 0.125 e. The Labute approximate surface area is 80.8 Å². The van der Waals surface area contributed by atoms with Crippen LogP contribution in [0.2, 0.25) is 0 Å². The molecule has 0 spiro atoms. The van der Waals surface area contributed by atoms with Crippen LogP contribution in [-0.2, 0) is 0 Å². The third kappa shape index (κ3) is 1.37. The number of halogens is 1. The first-order valence-corrected chi connectivity index (χ1v) is 4.45. The predicted octanol–water partition coefficient (Wildman–Crippen LogP) is 1.73. The Balaban J connectivity index is 2.58. The molecule has 0 unspecified atom stereocenters. The second-order valence-electron chi connectivity index (χ2n) is 3.32. The van der Waals surface area contributed by atoms with Crippen molar-refractivity contribution in [3.63, 3.8) is 0 Å². The highest BCUT2D eigenvalue weighted by Gasteiger charge is 2.08. The normalized spacial score (nSPS) is 13.4. The van der Waals surface area contributed by atoms with Gasteiger partial charge in [0.1, 0.15) is 5.82 Å². The SMILES string of the molecule is C[C@@H](CO)n1cnc2cc(F)ccc21. The van der Waals surface area contributed by atoms with E-state index in [-0.39, 0.29) is 18.5 Å². The lowest BCUT2D eigenvalue weighted by atomic mass is 10.3. The van der Waals surface area contributed by atoms with Gasteiger partial charge >= 0.3 is 0 Å². The van der Waals surface area contributed by atoms with E-state index >= 15 is 0 Å². The first-order chi connectivity index (χ1) is 6.72. The van der Waals surface area contributed by atoms with Gasteiger partial charge in [-0.15, -0.1) is 0 Å². The number of imidazole rings is 1. The van der Waals surface area contributed by atoms with Gasteiger partial charge in [-0.2, -0.15) is 0 Å². The lowest BCUT2D eigenvalue weighted by Crippen LogP contribution is -2.07. The minimum absolute atomic E-state index is 0.0366. The number of aromatic nitrogens is 2. The Morgan fingerprint density at radius 3 is 3.07 bits per heavy atom. The van der Waals surface area contributed by atoms with E-state index in [9.17, 15) is 4.39 Å². The standard InChI is InChI=1S/C10H11FN2O/c1-7(5-14)13-6-12-9-4-8(11)2-3-10(9)13/h2-4,6-7,14H,5H2,1H3/t7-/m0/s1. The maximum absolute atomic E-state index is 12.8. The molecule has 0 fully saturated rings. The van der Waals surface area contributed by atoms with Gasteiger partial charge in [0.25, 0.3) is 0 Å². The summed E-state index contributed by atoms with van der Waals surface area (Å²) in [5, 5.41) is 9.00. The number of rotatable bonds is 2. The molecule has 1 aromatic carbocycles. The van der Waals surface area contributed by atoms with E-state index in [1.807, 2.05) is 11.5 Å². The molecule has 0 saturated heterocycles. The monoisotopic (exact) mass is 194 g/mol. The Kier molecular flexibility index (Phi) is 2.21. The van der Waals surface area contributed by atoms with Crippen molar-refractivity contribution in [2.24, 2.45) is 0 Å². The zero-order chi connectivity index (χ0) is 10.1. The molecule has 0 aliphatic rings. The second kappa shape index (κ2) is 3.38. The van der Waals surface area contributed by atoms with Crippen LogP contribution in [0.3, 0.4) is 0 Å². The fourth-order valence-corrected chi connectivity index (χ4v) is 1.44. The minimum Gasteiger partial charge on any atom is -0.394 e. The van der Waals surface area contributed by atoms with Gasteiger partial charge in [-0.1, -0.05) is 0 Å². The summed E-state index contributed by atoms with van der Waals surface area (Å²) in [6.45, 7) is 1.92. The maximum atomic E-state index is 12.8. The number of nitrogens with zero attached hydrogens (tertiary/aromatic N) is 2. The molecule has 0 aliphatic carbocycles. The maximum Gasteiger partial charge on any atom is 0.125 e. The minimum atomic E-state index is -0.292. The summed E-state index contributed by atoms with van der Waals surface area (Å²) < 4.78 is 14.7. The number of aliphatic hydroxyl groups excluding tert-OH is 1. The van der Waals surface area contributed by atoms with E-state index < -0.39 is 0 Å². The highest BCUT2D eigenvalue weighted by Crippen LogP contribution is 2.17. The van der Waals surface area contributed by atoms with Crippen LogP contribution in [0.5, 0.6) is 0 Å². The van der Waals surface area contributed by atoms with E-state index in [2.05, 4.69) is 4.98 Å². The van der Waals surface area contributed by atoms with Crippen molar-refractivity contribution in [3.05, 3.63) is 30.3 Å². The van der Waals surface area contributed by atoms with Gasteiger partial charge in [0, 0.05) is 6.07 Å². The van der Waals surface area contributed by atoms with Gasteiger partial charge in [-0.3, -0.25) is 0 Å². The number of aliphatic hydroxyl groups is 1. The summed E-state index contributed by atoms with van der Waals surface area (Å²) in [5.74, 6) is -0.292. The average Bonchev–Trinajstić information content (AvgIpc) is 2.59. The van der Waals surface area contributed by atoms with Crippen LogP contribution in [0.1, 0.15) is 13.0 Å². The molecule has 0 saturated carbocycles. The Bertz CT molecular complexity index is 452. The average molecular weight is 194 g/mol. The fraction of sp³-hybridized carbons (Fsp3) is 0.300. The molecular formula is C10H11FN2O. The molecule has 74 valence electrons. The van der Waals surface area contributed by atoms with Gasteiger partial charge < -0.3 is 9.67 Å². The molecule has 2 rings (SSSR count). The number of benzene rings is 1. The van der Waals surface area contributed by atoms with Gasteiger partial charge in [0.2, 0.25) is 0 Å². The number of fused-ring (bicyclic) bond motifs is 1. The molecule has 14 heavy (non-hydrogen) atoms. The van der Waals surface area contributed by atoms with E-state index in [4.69, 9.17) is 5.11 Å². The Morgan fingerprint density at radius 1 is 1.57 bits per heavy atom. The van der Waals surface area contributed by atoms with Crippen LogP contribution in [0, 0.1) is 5.82 Å². The van der Waals surface area contributed by atoms with Crippen LogP contribution in [0.25, 0.3) is 11.0 Å². The lowest BCUT2D eigenvalue weighted by molar-refractivity contribution is 0.241. The predicted molar refractivity (Wildman–Crippen MR) is 51.5 cm³/mol. The van der Waals surface area contributed by atoms with Crippen molar-refractivity contribution >= 4 is 11.0 Å². The third-order valence-electron chi connectivity index (χ3n) is 2.28. The summed E-state index contributed by atoms with van der Waals surface area (Å²) in [5.41, 5.74) is 1.46. The van der Waals surface area contributed by atoms with E-state index in [0.717, 1.165) is 5.52 Å². The quantitative estimate of drug-likeness (QED) is 0.790.